The summed E-state index contributed by atoms with van der Waals surface area (Å²) < 4.78 is 0. The van der Waals surface area contributed by atoms with Crippen LogP contribution in [0.25, 0.3) is 0 Å². The lowest BCUT2D eigenvalue weighted by atomic mass is 9.74. The molecule has 1 N–H and O–H groups in total. The molecule has 0 radical (unpaired) electrons. The predicted molar refractivity (Wildman–Crippen MR) is 130 cm³/mol. The van der Waals surface area contributed by atoms with Gasteiger partial charge in [0.05, 0.1) is 0 Å². The van der Waals surface area contributed by atoms with Gasteiger partial charge in [-0.05, 0) is 68.4 Å². The van der Waals surface area contributed by atoms with Crippen molar-refractivity contribution in [2.24, 2.45) is 11.8 Å². The summed E-state index contributed by atoms with van der Waals surface area (Å²) >= 11 is 0. The zero-order valence-electron chi connectivity index (χ0n) is 19.9. The number of piperidine rings is 1. The molecule has 2 fully saturated rings. The number of aromatic nitrogens is 1. The molecule has 2 aromatic rings. The van der Waals surface area contributed by atoms with E-state index in [1.807, 2.05) is 36.4 Å². The van der Waals surface area contributed by atoms with E-state index in [1.165, 1.54) is 11.3 Å². The zero-order valence-corrected chi connectivity index (χ0v) is 19.9. The van der Waals surface area contributed by atoms with Gasteiger partial charge in [-0.3, -0.25) is 14.7 Å². The molecule has 176 valence electrons. The van der Waals surface area contributed by atoms with Crippen LogP contribution in [0.1, 0.15) is 44.4 Å². The van der Waals surface area contributed by atoms with Crippen LogP contribution in [0.15, 0.2) is 54.7 Å². The number of benzene rings is 1. The minimum absolute atomic E-state index is 0.0760. The van der Waals surface area contributed by atoms with Crippen LogP contribution in [-0.2, 0) is 17.6 Å². The Hall–Kier alpha value is -2.73. The smallest absolute Gasteiger partial charge is 0.322 e. The van der Waals surface area contributed by atoms with Crippen LogP contribution in [0.3, 0.4) is 0 Å². The largest absolute Gasteiger partial charge is 0.325 e. The van der Waals surface area contributed by atoms with Crippen LogP contribution >= 0.6 is 0 Å². The van der Waals surface area contributed by atoms with Crippen LogP contribution < -0.4 is 5.32 Å². The van der Waals surface area contributed by atoms with Gasteiger partial charge >= 0.3 is 6.03 Å². The first-order valence-electron chi connectivity index (χ1n) is 12.3. The van der Waals surface area contributed by atoms with Crippen molar-refractivity contribution < 1.29 is 9.59 Å². The zero-order chi connectivity index (χ0) is 23.3. The normalized spacial score (nSPS) is 22.2. The monoisotopic (exact) mass is 448 g/mol. The topological polar surface area (TPSA) is 65.5 Å². The van der Waals surface area contributed by atoms with Crippen LogP contribution in [0.5, 0.6) is 0 Å². The lowest BCUT2D eigenvalue weighted by Gasteiger charge is -2.41. The highest BCUT2D eigenvalue weighted by Gasteiger charge is 2.55. The Morgan fingerprint density at radius 1 is 1.03 bits per heavy atom. The van der Waals surface area contributed by atoms with Crippen molar-refractivity contribution in [3.05, 3.63) is 66.0 Å². The molecule has 0 spiro atoms. The Kier molecular flexibility index (Phi) is 7.43. The van der Waals surface area contributed by atoms with E-state index < -0.39 is 5.54 Å². The Morgan fingerprint density at radius 2 is 1.76 bits per heavy atom. The van der Waals surface area contributed by atoms with Gasteiger partial charge in [-0.15, -0.1) is 0 Å². The highest BCUT2D eigenvalue weighted by atomic mass is 16.2. The van der Waals surface area contributed by atoms with Crippen molar-refractivity contribution >= 4 is 11.9 Å². The first-order chi connectivity index (χ1) is 16.0. The van der Waals surface area contributed by atoms with Crippen molar-refractivity contribution in [1.29, 1.82) is 0 Å². The van der Waals surface area contributed by atoms with Gasteiger partial charge in [0.25, 0.3) is 5.91 Å². The van der Waals surface area contributed by atoms with Gasteiger partial charge in [-0.1, -0.05) is 50.2 Å². The second-order valence-corrected chi connectivity index (χ2v) is 9.89. The van der Waals surface area contributed by atoms with Crippen molar-refractivity contribution in [2.75, 3.05) is 26.2 Å². The van der Waals surface area contributed by atoms with Crippen molar-refractivity contribution in [1.82, 2.24) is 20.1 Å². The molecule has 2 aliphatic rings. The van der Waals surface area contributed by atoms with Crippen molar-refractivity contribution in [2.45, 2.75) is 51.5 Å². The summed E-state index contributed by atoms with van der Waals surface area (Å²) in [7, 11) is 0. The minimum atomic E-state index is -0.868. The third kappa shape index (κ3) is 5.44. The van der Waals surface area contributed by atoms with Crippen molar-refractivity contribution in [3.8, 4) is 0 Å². The Labute approximate surface area is 197 Å². The maximum atomic E-state index is 13.9. The van der Waals surface area contributed by atoms with Gasteiger partial charge in [-0.25, -0.2) is 4.79 Å². The molecule has 2 aliphatic heterocycles. The Balaban J connectivity index is 1.51. The van der Waals surface area contributed by atoms with E-state index in [0.29, 0.717) is 25.3 Å². The quantitative estimate of drug-likeness (QED) is 0.591. The Morgan fingerprint density at radius 3 is 2.42 bits per heavy atom. The number of carbonyl (C=O) groups is 2. The molecule has 0 bridgehead atoms. The molecule has 0 aliphatic carbocycles. The fourth-order valence-electron chi connectivity index (χ4n) is 5.17. The molecular formula is C27H36N4O2. The van der Waals surface area contributed by atoms with Crippen LogP contribution in [-0.4, -0.2) is 58.4 Å². The number of imide groups is 1. The van der Waals surface area contributed by atoms with E-state index in [1.54, 1.807) is 6.20 Å². The van der Waals surface area contributed by atoms with Crippen LogP contribution in [0, 0.1) is 11.8 Å². The summed E-state index contributed by atoms with van der Waals surface area (Å²) in [6, 6.07) is 15.5. The molecule has 3 amide bonds. The fraction of sp³-hybridized carbons (Fsp3) is 0.519. The third-order valence-corrected chi connectivity index (χ3v) is 7.15. The summed E-state index contributed by atoms with van der Waals surface area (Å²) in [4.78, 5) is 35.2. The standard InChI is InChI=1S/C27H36N4O2/c1-21(2)11-16-30-17-12-23(13-18-30)27(20-22-8-4-3-5-9-22)25(32)31(26(33)29-27)19-14-24-10-6-7-15-28-24/h3-10,15,21,23H,11-14,16-20H2,1-2H3,(H,29,33)/t27-/m1/s1. The maximum Gasteiger partial charge on any atom is 0.325 e. The summed E-state index contributed by atoms with van der Waals surface area (Å²) in [5, 5.41) is 3.19. The van der Waals surface area contributed by atoms with Gasteiger partial charge in [0.2, 0.25) is 0 Å². The molecule has 0 saturated carbocycles. The average Bonchev–Trinajstić information content (AvgIpc) is 3.07. The number of hydrogen-bond donors (Lipinski definition) is 1. The first kappa shape index (κ1) is 23.4. The number of carbonyl (C=O) groups excluding carboxylic acids is 2. The number of hydrogen-bond acceptors (Lipinski definition) is 4. The molecule has 1 aromatic heterocycles. The molecule has 1 aromatic carbocycles. The molecule has 1 atom stereocenters. The fourth-order valence-corrected chi connectivity index (χ4v) is 5.17. The predicted octanol–water partition coefficient (Wildman–Crippen LogP) is 3.92. The number of nitrogens with one attached hydrogen (secondary N) is 1. The van der Waals surface area contributed by atoms with E-state index in [9.17, 15) is 9.59 Å². The molecule has 0 unspecified atom stereocenters. The second kappa shape index (κ2) is 10.5. The van der Waals surface area contributed by atoms with Gasteiger partial charge in [0, 0.05) is 31.3 Å². The van der Waals surface area contributed by atoms with E-state index in [2.05, 4.69) is 41.2 Å². The molecule has 6 nitrogen and oxygen atoms in total. The van der Waals surface area contributed by atoms with Gasteiger partial charge in [0.15, 0.2) is 0 Å². The number of urea groups is 1. The van der Waals surface area contributed by atoms with E-state index >= 15 is 0 Å². The van der Waals surface area contributed by atoms with E-state index in [-0.39, 0.29) is 17.9 Å². The highest BCUT2D eigenvalue weighted by molar-refractivity contribution is 6.07. The summed E-state index contributed by atoms with van der Waals surface area (Å²) in [5.41, 5.74) is 1.10. The second-order valence-electron chi connectivity index (χ2n) is 9.89. The van der Waals surface area contributed by atoms with Crippen LogP contribution in [0.2, 0.25) is 0 Å². The first-order valence-corrected chi connectivity index (χ1v) is 12.3. The number of rotatable bonds is 9. The lowest BCUT2D eigenvalue weighted by Crippen LogP contribution is -2.57. The maximum absolute atomic E-state index is 13.9. The molecule has 6 heteroatoms. The summed E-state index contributed by atoms with van der Waals surface area (Å²) in [6.45, 7) is 7.93. The SMILES string of the molecule is CC(C)CCN1CCC([C@@]2(Cc3ccccc3)NC(=O)N(CCc3ccccn3)C2=O)CC1. The lowest BCUT2D eigenvalue weighted by molar-refractivity contribution is -0.134. The van der Waals surface area contributed by atoms with E-state index in [4.69, 9.17) is 0 Å². The number of amides is 3. The van der Waals surface area contributed by atoms with Crippen molar-refractivity contribution in [3.63, 3.8) is 0 Å². The van der Waals surface area contributed by atoms with Gasteiger partial charge in [-0.2, -0.15) is 0 Å². The molecule has 4 rings (SSSR count). The number of likely N-dealkylation sites (tertiary alicyclic amines) is 1. The third-order valence-electron chi connectivity index (χ3n) is 7.15. The molecule has 3 heterocycles. The molecule has 2 saturated heterocycles. The van der Waals surface area contributed by atoms with Gasteiger partial charge < -0.3 is 10.2 Å². The Bertz CT molecular complexity index is 926. The van der Waals surface area contributed by atoms with Gasteiger partial charge in [0.1, 0.15) is 5.54 Å². The summed E-state index contributed by atoms with van der Waals surface area (Å²) in [6.07, 6.45) is 5.88. The van der Waals surface area contributed by atoms with Crippen LogP contribution in [0.4, 0.5) is 4.79 Å². The number of pyridine rings is 1. The highest BCUT2D eigenvalue weighted by Crippen LogP contribution is 2.36. The van der Waals surface area contributed by atoms with E-state index in [0.717, 1.165) is 43.7 Å². The summed E-state index contributed by atoms with van der Waals surface area (Å²) in [5.74, 6) is 0.743. The molecular weight excluding hydrogens is 412 g/mol. The minimum Gasteiger partial charge on any atom is -0.322 e. The average molecular weight is 449 g/mol. The number of nitrogens with zero attached hydrogens (tertiary/aromatic N) is 3. The molecule has 33 heavy (non-hydrogen) atoms.